The first kappa shape index (κ1) is 9.97. The highest BCUT2D eigenvalue weighted by atomic mass is 32.2. The molecular weight excluding hydrogens is 208 g/mol. The van der Waals surface area contributed by atoms with Crippen LogP contribution < -0.4 is 5.32 Å². The first-order chi connectivity index (χ1) is 7.31. The van der Waals surface area contributed by atoms with Gasteiger partial charge in [-0.3, -0.25) is 4.99 Å². The first-order valence-corrected chi connectivity index (χ1v) is 6.92. The molecule has 0 amide bonds. The summed E-state index contributed by atoms with van der Waals surface area (Å²) in [6.45, 7) is 2.23. The van der Waals surface area contributed by atoms with Crippen LogP contribution in [0.2, 0.25) is 0 Å². The number of hydrogen-bond donors (Lipinski definition) is 1. The molecule has 1 N–H and O–H groups in total. The number of hydrogen-bond acceptors (Lipinski definition) is 3. The molecule has 3 rings (SSSR count). The minimum atomic E-state index is 0.419. The Labute approximate surface area is 95.1 Å². The third kappa shape index (κ3) is 2.02. The molecule has 0 aromatic carbocycles. The molecule has 0 aliphatic carbocycles. The number of thioether (sulfide) groups is 1. The van der Waals surface area contributed by atoms with Gasteiger partial charge < -0.3 is 10.1 Å². The van der Waals surface area contributed by atoms with Crippen LogP contribution in [-0.2, 0) is 4.74 Å². The second-order valence-corrected chi connectivity index (χ2v) is 5.88. The summed E-state index contributed by atoms with van der Waals surface area (Å²) in [4.78, 5) is 4.81. The van der Waals surface area contributed by atoms with E-state index in [2.05, 4.69) is 12.2 Å². The standard InChI is InChI=1S/C11H18N2OS/c1-7-4-5-15-11(12-7)13-9-6-8-2-3-10(9)14-8/h7-10H,2-6H2,1H3,(H,12,13). The van der Waals surface area contributed by atoms with Crippen LogP contribution in [0.1, 0.15) is 32.6 Å². The highest BCUT2D eigenvalue weighted by Gasteiger charge is 2.41. The molecule has 4 atom stereocenters. The van der Waals surface area contributed by atoms with Crippen LogP contribution >= 0.6 is 11.8 Å². The monoisotopic (exact) mass is 226 g/mol. The number of nitrogens with one attached hydrogen (secondary N) is 1. The van der Waals surface area contributed by atoms with Crippen molar-refractivity contribution < 1.29 is 4.74 Å². The van der Waals surface area contributed by atoms with Gasteiger partial charge in [-0.1, -0.05) is 11.8 Å². The van der Waals surface area contributed by atoms with Gasteiger partial charge >= 0.3 is 0 Å². The molecule has 84 valence electrons. The van der Waals surface area contributed by atoms with Gasteiger partial charge in [0.05, 0.1) is 18.2 Å². The Morgan fingerprint density at radius 3 is 3.00 bits per heavy atom. The van der Waals surface area contributed by atoms with Crippen molar-refractivity contribution in [3.8, 4) is 0 Å². The zero-order chi connectivity index (χ0) is 10.3. The Hall–Kier alpha value is -0.220. The second kappa shape index (κ2) is 3.98. The minimum absolute atomic E-state index is 0.419. The van der Waals surface area contributed by atoms with Crippen LogP contribution in [0.4, 0.5) is 0 Å². The number of fused-ring (bicyclic) bond motifs is 2. The maximum atomic E-state index is 5.81. The number of ether oxygens (including phenoxy) is 1. The Bertz CT molecular complexity index is 282. The van der Waals surface area contributed by atoms with Crippen molar-refractivity contribution in [1.29, 1.82) is 0 Å². The average Bonchev–Trinajstić information content (AvgIpc) is 2.79. The van der Waals surface area contributed by atoms with E-state index in [9.17, 15) is 0 Å². The third-order valence-electron chi connectivity index (χ3n) is 3.52. The highest BCUT2D eigenvalue weighted by molar-refractivity contribution is 8.13. The Morgan fingerprint density at radius 1 is 1.40 bits per heavy atom. The predicted octanol–water partition coefficient (Wildman–Crippen LogP) is 1.78. The number of nitrogens with zero attached hydrogens (tertiary/aromatic N) is 1. The lowest BCUT2D eigenvalue weighted by Crippen LogP contribution is -2.37. The van der Waals surface area contributed by atoms with E-state index in [1.807, 2.05) is 11.8 Å². The zero-order valence-electron chi connectivity index (χ0n) is 9.11. The van der Waals surface area contributed by atoms with Gasteiger partial charge in [0.15, 0.2) is 5.17 Å². The van der Waals surface area contributed by atoms with Gasteiger partial charge in [-0.05, 0) is 32.6 Å². The SMILES string of the molecule is CC1CCSC(=NC2CC3CCC2O3)N1. The van der Waals surface area contributed by atoms with Crippen molar-refractivity contribution in [2.24, 2.45) is 4.99 Å². The third-order valence-corrected chi connectivity index (χ3v) is 4.45. The number of rotatable bonds is 1. The second-order valence-electron chi connectivity index (χ2n) is 4.79. The van der Waals surface area contributed by atoms with Crippen LogP contribution in [-0.4, -0.2) is 35.2 Å². The van der Waals surface area contributed by atoms with Gasteiger partial charge in [-0.25, -0.2) is 0 Å². The quantitative estimate of drug-likeness (QED) is 0.740. The van der Waals surface area contributed by atoms with Crippen molar-refractivity contribution in [1.82, 2.24) is 5.32 Å². The summed E-state index contributed by atoms with van der Waals surface area (Å²) < 4.78 is 5.81. The molecule has 0 aromatic rings. The average molecular weight is 226 g/mol. The molecule has 0 radical (unpaired) electrons. The van der Waals surface area contributed by atoms with Crippen molar-refractivity contribution in [3.05, 3.63) is 0 Å². The summed E-state index contributed by atoms with van der Waals surface area (Å²) in [7, 11) is 0. The fourth-order valence-electron chi connectivity index (χ4n) is 2.63. The summed E-state index contributed by atoms with van der Waals surface area (Å²) in [5.74, 6) is 1.20. The van der Waals surface area contributed by atoms with Gasteiger partial charge in [0.25, 0.3) is 0 Å². The van der Waals surface area contributed by atoms with E-state index in [-0.39, 0.29) is 0 Å². The highest BCUT2D eigenvalue weighted by Crippen LogP contribution is 2.36. The molecule has 3 aliphatic rings. The molecular formula is C11H18N2OS. The van der Waals surface area contributed by atoms with Gasteiger partial charge in [-0.15, -0.1) is 0 Å². The predicted molar refractivity (Wildman–Crippen MR) is 63.4 cm³/mol. The van der Waals surface area contributed by atoms with E-state index in [4.69, 9.17) is 9.73 Å². The van der Waals surface area contributed by atoms with E-state index in [0.29, 0.717) is 24.3 Å². The van der Waals surface area contributed by atoms with Crippen LogP contribution in [0.15, 0.2) is 4.99 Å². The maximum Gasteiger partial charge on any atom is 0.157 e. The molecule has 15 heavy (non-hydrogen) atoms. The molecule has 3 fully saturated rings. The van der Waals surface area contributed by atoms with Crippen LogP contribution in [0.3, 0.4) is 0 Å². The lowest BCUT2D eigenvalue weighted by molar-refractivity contribution is 0.101. The number of aliphatic imine (C=N–C) groups is 1. The Morgan fingerprint density at radius 2 is 2.33 bits per heavy atom. The normalized spacial score (nSPS) is 47.1. The van der Waals surface area contributed by atoms with E-state index < -0.39 is 0 Å². The van der Waals surface area contributed by atoms with Crippen LogP contribution in [0.5, 0.6) is 0 Å². The van der Waals surface area contributed by atoms with Gasteiger partial charge in [0.2, 0.25) is 0 Å². The lowest BCUT2D eigenvalue weighted by atomic mass is 9.96. The smallest absolute Gasteiger partial charge is 0.157 e. The number of amidine groups is 1. The molecule has 4 heteroatoms. The summed E-state index contributed by atoms with van der Waals surface area (Å²) >= 11 is 1.86. The summed E-state index contributed by atoms with van der Waals surface area (Å²) in [6.07, 6.45) is 5.79. The van der Waals surface area contributed by atoms with Gasteiger partial charge in [0.1, 0.15) is 0 Å². The molecule has 3 heterocycles. The molecule has 0 saturated carbocycles. The van der Waals surface area contributed by atoms with Crippen molar-refractivity contribution in [2.75, 3.05) is 5.75 Å². The lowest BCUT2D eigenvalue weighted by Gasteiger charge is -2.24. The van der Waals surface area contributed by atoms with Gasteiger partial charge in [0, 0.05) is 11.8 Å². The maximum absolute atomic E-state index is 5.81. The summed E-state index contributed by atoms with van der Waals surface area (Å²) in [5, 5.41) is 4.61. The fraction of sp³-hybridized carbons (Fsp3) is 0.909. The van der Waals surface area contributed by atoms with Crippen molar-refractivity contribution >= 4 is 16.9 Å². The fourth-order valence-corrected chi connectivity index (χ4v) is 3.79. The van der Waals surface area contributed by atoms with E-state index in [0.717, 1.165) is 11.6 Å². The van der Waals surface area contributed by atoms with Gasteiger partial charge in [-0.2, -0.15) is 0 Å². The van der Waals surface area contributed by atoms with E-state index in [1.54, 1.807) is 0 Å². The minimum Gasteiger partial charge on any atom is -0.373 e. The molecule has 4 unspecified atom stereocenters. The summed E-state index contributed by atoms with van der Waals surface area (Å²) in [6, 6.07) is 1.02. The Kier molecular flexibility index (Phi) is 2.64. The molecule has 3 saturated heterocycles. The summed E-state index contributed by atoms with van der Waals surface area (Å²) in [5.41, 5.74) is 0. The van der Waals surface area contributed by atoms with E-state index >= 15 is 0 Å². The topological polar surface area (TPSA) is 33.6 Å². The van der Waals surface area contributed by atoms with Crippen molar-refractivity contribution in [3.63, 3.8) is 0 Å². The van der Waals surface area contributed by atoms with E-state index in [1.165, 1.54) is 25.0 Å². The molecule has 0 spiro atoms. The molecule has 2 bridgehead atoms. The molecule has 3 nitrogen and oxygen atoms in total. The zero-order valence-corrected chi connectivity index (χ0v) is 9.93. The molecule has 3 aliphatic heterocycles. The Balaban J connectivity index is 1.65. The van der Waals surface area contributed by atoms with Crippen LogP contribution in [0.25, 0.3) is 0 Å². The van der Waals surface area contributed by atoms with Crippen molar-refractivity contribution in [2.45, 2.75) is 56.9 Å². The largest absolute Gasteiger partial charge is 0.373 e. The first-order valence-electron chi connectivity index (χ1n) is 5.94. The molecule has 0 aromatic heterocycles. The van der Waals surface area contributed by atoms with Crippen LogP contribution in [0, 0.1) is 0 Å².